The van der Waals surface area contributed by atoms with Crippen molar-refractivity contribution < 1.29 is 18.7 Å². The molecule has 2 aromatic rings. The summed E-state index contributed by atoms with van der Waals surface area (Å²) < 4.78 is 10.7. The normalized spacial score (nSPS) is 12.4. The van der Waals surface area contributed by atoms with Crippen molar-refractivity contribution in [2.45, 2.75) is 47.2 Å². The molecule has 25 heavy (non-hydrogen) atoms. The van der Waals surface area contributed by atoms with Crippen LogP contribution in [0.15, 0.2) is 16.5 Å². The number of aromatic nitrogens is 1. The third kappa shape index (κ3) is 4.02. The molecule has 0 saturated heterocycles. The molecule has 1 N–H and O–H groups in total. The van der Waals surface area contributed by atoms with Crippen molar-refractivity contribution in [2.75, 3.05) is 13.7 Å². The number of carbonyl (C=O) groups excluding carboxylic acids is 2. The minimum absolute atomic E-state index is 0.0677. The zero-order chi connectivity index (χ0) is 18.7. The molecule has 0 aliphatic heterocycles. The van der Waals surface area contributed by atoms with Gasteiger partial charge in [-0.15, -0.1) is 0 Å². The Kier molecular flexibility index (Phi) is 5.85. The Morgan fingerprint density at radius 1 is 1.28 bits per heavy atom. The van der Waals surface area contributed by atoms with Crippen molar-refractivity contribution in [3.05, 3.63) is 46.2 Å². The number of aryl methyl sites for hydroxylation is 2. The van der Waals surface area contributed by atoms with Crippen LogP contribution in [0.1, 0.15) is 57.5 Å². The number of rotatable bonds is 7. The highest BCUT2D eigenvalue weighted by Gasteiger charge is 2.27. The summed E-state index contributed by atoms with van der Waals surface area (Å²) in [5, 5.41) is 0. The average Bonchev–Trinajstić information content (AvgIpc) is 3.08. The molecule has 2 rings (SSSR count). The van der Waals surface area contributed by atoms with Crippen molar-refractivity contribution in [3.8, 4) is 0 Å². The fourth-order valence-electron chi connectivity index (χ4n) is 2.87. The highest BCUT2D eigenvalue weighted by molar-refractivity contribution is 6.03. The topological polar surface area (TPSA) is 75.5 Å². The van der Waals surface area contributed by atoms with Gasteiger partial charge in [-0.1, -0.05) is 0 Å². The minimum atomic E-state index is -0.403. The fraction of sp³-hybridized carbons (Fsp3) is 0.474. The number of likely N-dealkylation sites (N-methyl/N-ethyl adjacent to an activating group) is 1. The van der Waals surface area contributed by atoms with Crippen LogP contribution in [0, 0.1) is 20.8 Å². The SMILES string of the molecule is CCOC(=O)c1c(C)[nH]c(C(=O)[C@@H](C)N(C)Cc2ccc(C)o2)c1C. The molecule has 0 unspecified atom stereocenters. The number of H-pyrrole nitrogens is 1. The standard InChI is InChI=1S/C19H26N2O4/c1-7-24-19(23)16-12(3)17(20-13(16)4)18(22)14(5)21(6)10-15-9-8-11(2)25-15/h8-9,14,20H,7,10H2,1-6H3/t14-/m1/s1. The van der Waals surface area contributed by atoms with Gasteiger partial charge >= 0.3 is 5.97 Å². The molecule has 0 saturated carbocycles. The van der Waals surface area contributed by atoms with Crippen LogP contribution in [-0.2, 0) is 11.3 Å². The van der Waals surface area contributed by atoms with Gasteiger partial charge in [-0.2, -0.15) is 0 Å². The maximum atomic E-state index is 12.9. The number of aromatic amines is 1. The number of nitrogens with zero attached hydrogens (tertiary/aromatic N) is 1. The van der Waals surface area contributed by atoms with E-state index in [1.807, 2.05) is 37.9 Å². The number of carbonyl (C=O) groups is 2. The first-order valence-corrected chi connectivity index (χ1v) is 8.42. The fourth-order valence-corrected chi connectivity index (χ4v) is 2.87. The Hall–Kier alpha value is -2.34. The lowest BCUT2D eigenvalue weighted by Crippen LogP contribution is -2.36. The number of furan rings is 1. The molecule has 2 heterocycles. The van der Waals surface area contributed by atoms with Crippen LogP contribution in [0.4, 0.5) is 0 Å². The summed E-state index contributed by atoms with van der Waals surface area (Å²) in [5.74, 6) is 1.19. The molecule has 0 fully saturated rings. The molecule has 6 nitrogen and oxygen atoms in total. The van der Waals surface area contributed by atoms with Crippen LogP contribution in [0.25, 0.3) is 0 Å². The molecule has 136 valence electrons. The zero-order valence-electron chi connectivity index (χ0n) is 15.7. The number of hydrogen-bond donors (Lipinski definition) is 1. The smallest absolute Gasteiger partial charge is 0.340 e. The van der Waals surface area contributed by atoms with Crippen molar-refractivity contribution >= 4 is 11.8 Å². The zero-order valence-corrected chi connectivity index (χ0v) is 15.7. The Labute approximate surface area is 148 Å². The van der Waals surface area contributed by atoms with E-state index in [9.17, 15) is 9.59 Å². The predicted octanol–water partition coefficient (Wildman–Crippen LogP) is 3.41. The molecule has 0 amide bonds. The van der Waals surface area contributed by atoms with Gasteiger partial charge in [-0.05, 0) is 59.4 Å². The Morgan fingerprint density at radius 3 is 2.52 bits per heavy atom. The highest BCUT2D eigenvalue weighted by Crippen LogP contribution is 2.22. The number of hydrogen-bond acceptors (Lipinski definition) is 5. The molecule has 0 radical (unpaired) electrons. The molecule has 0 spiro atoms. The lowest BCUT2D eigenvalue weighted by molar-refractivity contribution is 0.0525. The van der Waals surface area contributed by atoms with E-state index in [4.69, 9.17) is 9.15 Å². The lowest BCUT2D eigenvalue weighted by Gasteiger charge is -2.22. The van der Waals surface area contributed by atoms with Gasteiger partial charge in [0.05, 0.1) is 30.5 Å². The monoisotopic (exact) mass is 346 g/mol. The van der Waals surface area contributed by atoms with Gasteiger partial charge in [0.2, 0.25) is 0 Å². The summed E-state index contributed by atoms with van der Waals surface area (Å²) in [7, 11) is 1.87. The summed E-state index contributed by atoms with van der Waals surface area (Å²) in [4.78, 5) is 30.0. The van der Waals surface area contributed by atoms with Gasteiger partial charge in [0.25, 0.3) is 0 Å². The van der Waals surface area contributed by atoms with E-state index in [2.05, 4.69) is 4.98 Å². The van der Waals surface area contributed by atoms with Gasteiger partial charge in [0, 0.05) is 5.69 Å². The van der Waals surface area contributed by atoms with E-state index >= 15 is 0 Å². The van der Waals surface area contributed by atoms with Crippen molar-refractivity contribution in [1.29, 1.82) is 0 Å². The Balaban J connectivity index is 2.19. The van der Waals surface area contributed by atoms with Gasteiger partial charge in [0.15, 0.2) is 5.78 Å². The van der Waals surface area contributed by atoms with E-state index in [-0.39, 0.29) is 11.8 Å². The quantitative estimate of drug-likeness (QED) is 0.614. The number of ketones is 1. The van der Waals surface area contributed by atoms with Crippen LogP contribution < -0.4 is 0 Å². The summed E-state index contributed by atoms with van der Waals surface area (Å²) in [6.45, 7) is 9.87. The number of nitrogens with one attached hydrogen (secondary N) is 1. The molecule has 2 aromatic heterocycles. The number of Topliss-reactive ketones (excluding diaryl/α,β-unsaturated/α-hetero) is 1. The molecular weight excluding hydrogens is 320 g/mol. The van der Waals surface area contributed by atoms with Gasteiger partial charge in [0.1, 0.15) is 11.5 Å². The van der Waals surface area contributed by atoms with Crippen LogP contribution in [0.5, 0.6) is 0 Å². The molecule has 1 atom stereocenters. The van der Waals surface area contributed by atoms with E-state index < -0.39 is 5.97 Å². The van der Waals surface area contributed by atoms with Crippen molar-refractivity contribution in [3.63, 3.8) is 0 Å². The predicted molar refractivity (Wildman–Crippen MR) is 94.9 cm³/mol. The van der Waals surface area contributed by atoms with Crippen LogP contribution in [-0.4, -0.2) is 41.3 Å². The molecule has 0 aliphatic rings. The van der Waals surface area contributed by atoms with Gasteiger partial charge in [-0.25, -0.2) is 4.79 Å². The summed E-state index contributed by atoms with van der Waals surface area (Å²) in [6, 6.07) is 3.45. The van der Waals surface area contributed by atoms with Crippen LogP contribution in [0.3, 0.4) is 0 Å². The largest absolute Gasteiger partial charge is 0.465 e. The van der Waals surface area contributed by atoms with Crippen LogP contribution >= 0.6 is 0 Å². The summed E-state index contributed by atoms with van der Waals surface area (Å²) >= 11 is 0. The Morgan fingerprint density at radius 2 is 1.96 bits per heavy atom. The van der Waals surface area contributed by atoms with Crippen molar-refractivity contribution in [1.82, 2.24) is 9.88 Å². The first-order chi connectivity index (χ1) is 11.8. The second-order valence-corrected chi connectivity index (χ2v) is 6.31. The molecule has 0 aromatic carbocycles. The Bertz CT molecular complexity index is 772. The third-order valence-electron chi connectivity index (χ3n) is 4.41. The minimum Gasteiger partial charge on any atom is -0.465 e. The summed E-state index contributed by atoms with van der Waals surface area (Å²) in [5.41, 5.74) is 2.18. The number of esters is 1. The van der Waals surface area contributed by atoms with Gasteiger partial charge < -0.3 is 14.1 Å². The first-order valence-electron chi connectivity index (χ1n) is 8.42. The number of ether oxygens (including phenoxy) is 1. The maximum Gasteiger partial charge on any atom is 0.340 e. The second-order valence-electron chi connectivity index (χ2n) is 6.31. The van der Waals surface area contributed by atoms with E-state index in [1.165, 1.54) is 0 Å². The van der Waals surface area contributed by atoms with E-state index in [0.29, 0.717) is 35.7 Å². The van der Waals surface area contributed by atoms with Gasteiger partial charge in [-0.3, -0.25) is 9.69 Å². The second kappa shape index (κ2) is 7.70. The lowest BCUT2D eigenvalue weighted by atomic mass is 10.0. The maximum absolute atomic E-state index is 12.9. The third-order valence-corrected chi connectivity index (χ3v) is 4.41. The molecule has 0 bridgehead atoms. The molecule has 0 aliphatic carbocycles. The molecular formula is C19H26N2O4. The van der Waals surface area contributed by atoms with E-state index in [0.717, 1.165) is 11.5 Å². The highest BCUT2D eigenvalue weighted by atomic mass is 16.5. The first kappa shape index (κ1) is 19.0. The molecule has 6 heteroatoms. The average molecular weight is 346 g/mol. The van der Waals surface area contributed by atoms with Crippen molar-refractivity contribution in [2.24, 2.45) is 0 Å². The van der Waals surface area contributed by atoms with Crippen LogP contribution in [0.2, 0.25) is 0 Å². The van der Waals surface area contributed by atoms with E-state index in [1.54, 1.807) is 20.8 Å². The summed E-state index contributed by atoms with van der Waals surface area (Å²) in [6.07, 6.45) is 0.